The second-order valence-electron chi connectivity index (χ2n) is 26.8. The average molecular weight is 2160 g/mol. The molecule has 2 aromatic heterocycles. The number of aliphatic hydroxyl groups excluding tert-OH is 1. The Bertz CT molecular complexity index is 4520. The number of hydrogen-bond donors (Lipinski definition) is 1. The molecule has 0 spiro atoms. The van der Waals surface area contributed by atoms with Crippen LogP contribution in [0.2, 0.25) is 0 Å². The molecule has 37 heteroatoms. The summed E-state index contributed by atoms with van der Waals surface area (Å²) in [5.74, 6) is -2.85. The Kier molecular flexibility index (Phi) is 53.1. The van der Waals surface area contributed by atoms with Gasteiger partial charge in [0.2, 0.25) is 17.7 Å². The van der Waals surface area contributed by atoms with E-state index < -0.39 is 102 Å². The molecule has 6 aromatic rings. The molecule has 0 saturated carbocycles. The van der Waals surface area contributed by atoms with Crippen molar-refractivity contribution in [2.45, 2.75) is 184 Å². The highest BCUT2D eigenvalue weighted by atomic mass is 127. The van der Waals surface area contributed by atoms with Gasteiger partial charge in [0.25, 0.3) is 0 Å². The number of thiazole rings is 2. The number of amides is 5. The number of aromatic nitrogens is 2. The van der Waals surface area contributed by atoms with E-state index in [1.54, 1.807) is 52.0 Å². The van der Waals surface area contributed by atoms with Crippen molar-refractivity contribution in [1.82, 2.24) is 24.8 Å². The van der Waals surface area contributed by atoms with Crippen LogP contribution in [0.1, 0.15) is 134 Å². The Morgan fingerprint density at radius 1 is 0.581 bits per heavy atom. The summed E-state index contributed by atoms with van der Waals surface area (Å²) in [4.78, 5) is 85.3. The van der Waals surface area contributed by atoms with Gasteiger partial charge in [-0.2, -0.15) is 65.9 Å². The number of ketones is 1. The Morgan fingerprint density at radius 3 is 1.31 bits per heavy atom. The lowest BCUT2D eigenvalue weighted by Gasteiger charge is -2.22. The lowest BCUT2D eigenvalue weighted by molar-refractivity contribution is -0.172. The van der Waals surface area contributed by atoms with Gasteiger partial charge < -0.3 is 19.1 Å². The number of aliphatic hydroxyl groups is 1. The van der Waals surface area contributed by atoms with Gasteiger partial charge in [0.05, 0.1) is 74.7 Å². The van der Waals surface area contributed by atoms with E-state index in [-0.39, 0.29) is 76.7 Å². The summed E-state index contributed by atoms with van der Waals surface area (Å²) < 4.78 is 204. The number of Topliss-reactive ketones (excluding diaryl/α,β-unsaturated/α-hetero) is 1. The van der Waals surface area contributed by atoms with Crippen molar-refractivity contribution >= 4 is 150 Å². The first kappa shape index (κ1) is 116. The van der Waals surface area contributed by atoms with E-state index in [1.807, 2.05) is 146 Å². The van der Waals surface area contributed by atoms with E-state index in [4.69, 9.17) is 9.47 Å². The molecule has 4 aromatic carbocycles. The van der Waals surface area contributed by atoms with Crippen LogP contribution in [0.3, 0.4) is 0 Å². The second kappa shape index (κ2) is 56.5. The first-order valence-corrected chi connectivity index (χ1v) is 44.1. The molecule has 686 valence electrons. The quantitative estimate of drug-likeness (QED) is 0.0177. The lowest BCUT2D eigenvalue weighted by atomic mass is 10.0. The number of halogens is 18. The Morgan fingerprint density at radius 2 is 0.960 bits per heavy atom. The van der Waals surface area contributed by atoms with E-state index in [0.717, 1.165) is 89.9 Å². The molecule has 6 atom stereocenters. The van der Waals surface area contributed by atoms with Gasteiger partial charge in [-0.05, 0) is 163 Å². The minimum absolute atomic E-state index is 0. The molecular formula is C87H104F15I3N5O11PS2. The van der Waals surface area contributed by atoms with E-state index >= 15 is 0 Å². The number of imide groups is 2. The zero-order chi connectivity index (χ0) is 92.7. The predicted octanol–water partition coefficient (Wildman–Crippen LogP) is 25.5. The summed E-state index contributed by atoms with van der Waals surface area (Å²) in [6.07, 6.45) is -13.5. The highest BCUT2D eigenvalue weighted by Gasteiger charge is 2.42. The monoisotopic (exact) mass is 2160 g/mol. The number of rotatable bonds is 26. The molecule has 0 unspecified atom stereocenters. The van der Waals surface area contributed by atoms with Gasteiger partial charge in [0.15, 0.2) is 0 Å². The number of alkyl halides is 15. The molecule has 2 aliphatic heterocycles. The molecule has 124 heavy (non-hydrogen) atoms. The Balaban J connectivity index is 0.00000144. The number of carbonyl (C=O) groups excluding carboxylic acids is 6. The molecule has 1 N–H and O–H groups in total. The first-order chi connectivity index (χ1) is 56.8. The van der Waals surface area contributed by atoms with Crippen LogP contribution in [0.5, 0.6) is 0 Å². The summed E-state index contributed by atoms with van der Waals surface area (Å²) in [5.41, 5.74) is 2.60. The van der Waals surface area contributed by atoms with Gasteiger partial charge in [0, 0.05) is 52.6 Å². The molecule has 2 saturated heterocycles. The van der Waals surface area contributed by atoms with E-state index in [1.165, 1.54) is 112 Å². The van der Waals surface area contributed by atoms with Crippen LogP contribution >= 0.6 is 97.6 Å². The zero-order valence-electron chi connectivity index (χ0n) is 68.3. The van der Waals surface area contributed by atoms with Crippen molar-refractivity contribution in [2.24, 2.45) is 17.8 Å². The van der Waals surface area contributed by atoms with Crippen LogP contribution in [-0.4, -0.2) is 142 Å². The van der Waals surface area contributed by atoms with Crippen LogP contribution in [0.4, 0.5) is 75.4 Å². The third-order valence-corrected chi connectivity index (χ3v) is 25.1. The number of cyclic esters (lactones) is 2. The van der Waals surface area contributed by atoms with Gasteiger partial charge in [-0.15, -0.1) is 22.7 Å². The fraction of sp³-hybridized carbons (Fsp3) is 0.402. The fourth-order valence-corrected chi connectivity index (χ4v) is 15.2. The van der Waals surface area contributed by atoms with Crippen LogP contribution in [-0.2, 0) is 57.1 Å². The predicted molar refractivity (Wildman–Crippen MR) is 485 cm³/mol. The summed E-state index contributed by atoms with van der Waals surface area (Å²) in [5, 5.41) is 18.4. The van der Waals surface area contributed by atoms with Crippen molar-refractivity contribution in [2.75, 3.05) is 27.4 Å². The Labute approximate surface area is 764 Å². The summed E-state index contributed by atoms with van der Waals surface area (Å²) in [6, 6.07) is 38.0. The van der Waals surface area contributed by atoms with E-state index in [0.29, 0.717) is 49.7 Å². The van der Waals surface area contributed by atoms with Crippen LogP contribution in [0, 0.1) is 31.6 Å². The number of ether oxygens (including phenoxy) is 2. The fourth-order valence-electron chi connectivity index (χ4n) is 10.3. The number of allylic oxidation sites excluding steroid dienone is 11. The molecule has 5 amide bonds. The van der Waals surface area contributed by atoms with Gasteiger partial charge >= 0.3 is 43.1 Å². The number of nitrogens with zero attached hydrogens (tertiary/aromatic N) is 5. The SMILES string of the molecule is C.C.C=C/C(=C\C[C@H](C)C(C)=O)C(F)(F)F.C=C/C(=C\C[C@H](O)/C(C)=C/c1csc(C)n1)C(F)(F)F.CC/C=C(\I)C(F)(F)F.CCC(=O)N1C(=O)OC[C@H]1Cc1ccccc1.CON(C)C(=O)[C@@H](C)C/C=C(\I)C(F)(F)F.C[C@@H](C/C=C(\I)C(F)(F)F)C(=O)N1C(=O)OC[C@H]1Cc1ccccc1.Cc1nc(CP(=O)(c2ccccc2)c2ccccc2)cs1. The summed E-state index contributed by atoms with van der Waals surface area (Å²) in [6.45, 7) is 21.5. The zero-order valence-corrected chi connectivity index (χ0v) is 77.3. The van der Waals surface area contributed by atoms with Crippen molar-refractivity contribution in [3.8, 4) is 0 Å². The van der Waals surface area contributed by atoms with Gasteiger partial charge in [-0.1, -0.05) is 226 Å². The standard InChI is InChI=1S/C17H17F3INO3.C17H16NOPS.C14H16F3NOS.C13H15NO3.C10H13F3O.C9H13F3INO2.C5H6F3I.2CH4/c1-11(7-8-14(21)17(18,19)20)15(23)22-13(10-25-16(22)24)9-12-5-3-2-4-6-12;1-14-18-15(13-21-14)12-20(19,16-8-4-2-5-9-16)17-10-6-3-7-11-17;1-4-11(14(15,16)17)5-6-13(19)9(2)7-12-8-20-10(3)18-12;1-2-12(15)14-11(9-17-13(14)16)8-10-6-4-3-5-7-10;1-4-9(10(11,12)13)6-5-7(2)8(3)14;1-6(8(15)14(2)16-3)4-5-7(13)9(10,11)12;1-2-3-4(9)5(6,7)8;;/h2-6,8,11,13H,7,9-10H2,1H3;2-11,13H,12H2,1H3;4-5,7-8,13,19H,1,6H2,2-3H3;3-7,11H,2,8-9H2,1H3;4,6-7H,1,5H2,2-3H3;5-6H,4H2,1-3H3;3H,2H2,1H3;2*1H4/b14-8-;;9-7+,11-5+;;9-6+;7-5-;4-3-;;/t11-,13+;;13-;11-;7-;6-;;;/m0.0100.../s1. The number of hydrogen-bond acceptors (Lipinski definition) is 15. The minimum atomic E-state index is -4.44. The number of aryl methyl sites for hydroxylation is 2. The number of carbonyl (C=O) groups is 6. The lowest BCUT2D eigenvalue weighted by Crippen LogP contribution is -2.42. The topological polar surface area (TPSA) is 203 Å². The largest absolute Gasteiger partial charge is 0.447 e. The van der Waals surface area contributed by atoms with E-state index in [2.05, 4.69) is 28.0 Å². The van der Waals surface area contributed by atoms with Crippen molar-refractivity contribution in [1.29, 1.82) is 0 Å². The molecule has 4 heterocycles. The van der Waals surface area contributed by atoms with Crippen LogP contribution in [0.25, 0.3) is 6.08 Å². The van der Waals surface area contributed by atoms with Crippen LogP contribution in [0.15, 0.2) is 215 Å². The summed E-state index contributed by atoms with van der Waals surface area (Å²) >= 11 is 6.77. The smallest absolute Gasteiger partial charge is 0.421 e. The molecule has 2 aliphatic rings. The average Bonchev–Trinajstić information content (AvgIpc) is 1.06. The van der Waals surface area contributed by atoms with Gasteiger partial charge in [0.1, 0.15) is 26.1 Å². The molecular weight excluding hydrogens is 2050 g/mol. The first-order valence-electron chi connectivity index (χ1n) is 37.2. The third-order valence-electron chi connectivity index (χ3n) is 17.3. The molecule has 2 fully saturated rings. The van der Waals surface area contributed by atoms with Crippen molar-refractivity contribution in [3.63, 3.8) is 0 Å². The Hall–Kier alpha value is -7.63. The van der Waals surface area contributed by atoms with Crippen LogP contribution < -0.4 is 10.6 Å². The third kappa shape index (κ3) is 42.3. The maximum atomic E-state index is 13.8. The van der Waals surface area contributed by atoms with Crippen molar-refractivity contribution < 1.29 is 119 Å². The maximum Gasteiger partial charge on any atom is 0.421 e. The minimum Gasteiger partial charge on any atom is -0.447 e. The number of hydroxylamine groups is 2. The molecule has 0 bridgehead atoms. The molecule has 16 nitrogen and oxygen atoms in total. The number of benzene rings is 4. The maximum absolute atomic E-state index is 13.8. The molecule has 0 aliphatic carbocycles. The second-order valence-corrected chi connectivity index (χ2v) is 35.3. The molecule has 8 rings (SSSR count). The van der Waals surface area contributed by atoms with E-state index in [9.17, 15) is 104 Å². The highest BCUT2D eigenvalue weighted by Crippen LogP contribution is 2.47. The van der Waals surface area contributed by atoms with Gasteiger partial charge in [-0.3, -0.25) is 24.0 Å². The highest BCUT2D eigenvalue weighted by molar-refractivity contribution is 14.1. The summed E-state index contributed by atoms with van der Waals surface area (Å²) in [7, 11) is 0.0449. The molecule has 0 radical (unpaired) electrons. The normalized spacial score (nSPS) is 15.7. The van der Waals surface area contributed by atoms with Gasteiger partial charge in [-0.25, -0.2) is 34.4 Å². The van der Waals surface area contributed by atoms with Crippen molar-refractivity contribution in [3.05, 3.63) is 248 Å².